The molecule has 7 heteroatoms. The van der Waals surface area contributed by atoms with Gasteiger partial charge in [-0.25, -0.2) is 4.39 Å². The zero-order valence-electron chi connectivity index (χ0n) is 19.1. The maximum absolute atomic E-state index is 15.6. The molecule has 3 heterocycles. The minimum atomic E-state index is -1.22. The molecule has 1 aromatic carbocycles. The van der Waals surface area contributed by atoms with Crippen LogP contribution >= 0.6 is 22.9 Å². The number of rotatable bonds is 10. The number of nitrogens with zero attached hydrogens (tertiary/aromatic N) is 2. The quantitative estimate of drug-likeness (QED) is 0.354. The number of piperidine rings is 1. The third-order valence-electron chi connectivity index (χ3n) is 7.08. The molecule has 0 radical (unpaired) electrons. The Morgan fingerprint density at radius 2 is 2.12 bits per heavy atom. The van der Waals surface area contributed by atoms with Gasteiger partial charge in [-0.1, -0.05) is 11.6 Å². The van der Waals surface area contributed by atoms with Crippen molar-refractivity contribution >= 4 is 33.8 Å². The molecule has 4 rings (SSSR count). The first-order valence-electron chi connectivity index (χ1n) is 11.6. The van der Waals surface area contributed by atoms with E-state index in [9.17, 15) is 5.11 Å². The minimum absolute atomic E-state index is 0.0983. The Bertz CT molecular complexity index is 1040. The van der Waals surface area contributed by atoms with E-state index < -0.39 is 6.17 Å². The first kappa shape index (κ1) is 24.4. The summed E-state index contributed by atoms with van der Waals surface area (Å²) in [7, 11) is 1.59. The molecular weight excluding hydrogens is 459 g/mol. The van der Waals surface area contributed by atoms with Crippen LogP contribution in [0.3, 0.4) is 0 Å². The lowest BCUT2D eigenvalue weighted by atomic mass is 9.74. The summed E-state index contributed by atoms with van der Waals surface area (Å²) in [5.41, 5.74) is 2.36. The van der Waals surface area contributed by atoms with Crippen molar-refractivity contribution in [2.75, 3.05) is 33.4 Å². The predicted octanol–water partition coefficient (Wildman–Crippen LogP) is 6.46. The number of ether oxygens (including phenoxy) is 1. The number of aliphatic hydroxyl groups is 1. The molecule has 0 spiro atoms. The van der Waals surface area contributed by atoms with Crippen molar-refractivity contribution in [1.82, 2.24) is 9.88 Å². The lowest BCUT2D eigenvalue weighted by molar-refractivity contribution is 0.0300. The van der Waals surface area contributed by atoms with Gasteiger partial charge in [0.2, 0.25) is 0 Å². The van der Waals surface area contributed by atoms with Gasteiger partial charge in [-0.3, -0.25) is 4.98 Å². The first-order valence-corrected chi connectivity index (χ1v) is 13.0. The molecule has 1 fully saturated rings. The summed E-state index contributed by atoms with van der Waals surface area (Å²) < 4.78 is 20.9. The molecule has 0 unspecified atom stereocenters. The van der Waals surface area contributed by atoms with Crippen LogP contribution in [0.5, 0.6) is 5.75 Å². The molecule has 0 aliphatic carbocycles. The molecule has 1 saturated heterocycles. The molecule has 33 heavy (non-hydrogen) atoms. The van der Waals surface area contributed by atoms with E-state index in [1.54, 1.807) is 24.5 Å². The third kappa shape index (κ3) is 5.86. The van der Waals surface area contributed by atoms with Gasteiger partial charge in [0.25, 0.3) is 0 Å². The smallest absolute Gasteiger partial charge is 0.127 e. The molecule has 2 aromatic heterocycles. The van der Waals surface area contributed by atoms with Gasteiger partial charge < -0.3 is 14.7 Å². The average molecular weight is 491 g/mol. The second-order valence-corrected chi connectivity index (χ2v) is 10.3. The molecule has 1 atom stereocenters. The second kappa shape index (κ2) is 11.1. The largest absolute Gasteiger partial charge is 0.497 e. The van der Waals surface area contributed by atoms with Crippen molar-refractivity contribution in [3.05, 3.63) is 57.4 Å². The van der Waals surface area contributed by atoms with Gasteiger partial charge in [0, 0.05) is 23.8 Å². The van der Waals surface area contributed by atoms with E-state index >= 15 is 4.39 Å². The van der Waals surface area contributed by atoms with E-state index in [2.05, 4.69) is 26.7 Å². The Balaban J connectivity index is 1.35. The summed E-state index contributed by atoms with van der Waals surface area (Å²) in [6.45, 7) is 3.08. The van der Waals surface area contributed by atoms with Crippen LogP contribution in [0, 0.1) is 5.41 Å². The highest BCUT2D eigenvalue weighted by Gasteiger charge is 2.35. The molecule has 0 amide bonds. The minimum Gasteiger partial charge on any atom is -0.497 e. The number of pyridine rings is 1. The zero-order valence-corrected chi connectivity index (χ0v) is 20.7. The SMILES string of the molecule is COc1ccc2ncc(Cl)c([C@@H](F)CCC3(CO)CCN(CCCc4ccsc4)CC3)c2c1. The topological polar surface area (TPSA) is 45.6 Å². The van der Waals surface area contributed by atoms with Gasteiger partial charge in [-0.2, -0.15) is 11.3 Å². The highest BCUT2D eigenvalue weighted by molar-refractivity contribution is 7.07. The van der Waals surface area contributed by atoms with Crippen molar-refractivity contribution < 1.29 is 14.2 Å². The fraction of sp³-hybridized carbons (Fsp3) is 0.500. The molecule has 3 aromatic rings. The Morgan fingerprint density at radius 3 is 2.82 bits per heavy atom. The molecule has 1 aliphatic rings. The standard InChI is InChI=1S/C26H32ClFN2O2S/c1-32-20-4-5-24-21(15-20)25(22(27)16-29-24)23(28)6-8-26(18-31)9-12-30(13-10-26)11-2-3-19-7-14-33-17-19/h4-5,7,14-17,23,31H,2-3,6,8-13,18H2,1H3/t23-/m0/s1. The Morgan fingerprint density at radius 1 is 1.30 bits per heavy atom. The van der Waals surface area contributed by atoms with Crippen molar-refractivity contribution in [3.8, 4) is 5.75 Å². The number of aromatic nitrogens is 1. The van der Waals surface area contributed by atoms with E-state index in [4.69, 9.17) is 16.3 Å². The molecule has 1 aliphatic heterocycles. The molecule has 1 N–H and O–H groups in total. The van der Waals surface area contributed by atoms with Gasteiger partial charge >= 0.3 is 0 Å². The number of hydrogen-bond donors (Lipinski definition) is 1. The fourth-order valence-electron chi connectivity index (χ4n) is 4.87. The van der Waals surface area contributed by atoms with E-state index in [0.29, 0.717) is 40.1 Å². The number of likely N-dealkylation sites (tertiary alicyclic amines) is 1. The maximum atomic E-state index is 15.6. The summed E-state index contributed by atoms with van der Waals surface area (Å²) in [4.78, 5) is 6.81. The molecular formula is C26H32ClFN2O2S. The Labute approximate surface area is 204 Å². The van der Waals surface area contributed by atoms with Gasteiger partial charge in [-0.15, -0.1) is 0 Å². The highest BCUT2D eigenvalue weighted by Crippen LogP contribution is 2.41. The summed E-state index contributed by atoms with van der Waals surface area (Å²) in [6, 6.07) is 7.63. The average Bonchev–Trinajstić information content (AvgIpc) is 3.36. The van der Waals surface area contributed by atoms with Crippen LogP contribution in [-0.2, 0) is 6.42 Å². The first-order chi connectivity index (χ1) is 16.0. The summed E-state index contributed by atoms with van der Waals surface area (Å²) in [5, 5.41) is 15.6. The van der Waals surface area contributed by atoms with Crippen LogP contribution in [0.1, 0.15) is 49.4 Å². The number of alkyl halides is 1. The van der Waals surface area contributed by atoms with Gasteiger partial charge in [0.15, 0.2) is 0 Å². The van der Waals surface area contributed by atoms with Crippen molar-refractivity contribution in [2.24, 2.45) is 5.41 Å². The lowest BCUT2D eigenvalue weighted by Gasteiger charge is -2.41. The molecule has 4 nitrogen and oxygen atoms in total. The normalized spacial score (nSPS) is 17.3. The van der Waals surface area contributed by atoms with Crippen LogP contribution < -0.4 is 4.74 Å². The number of thiophene rings is 1. The summed E-state index contributed by atoms with van der Waals surface area (Å²) in [6.07, 6.45) is 5.32. The number of aliphatic hydroxyl groups excluding tert-OH is 1. The van der Waals surface area contributed by atoms with Crippen LogP contribution in [0.15, 0.2) is 41.2 Å². The van der Waals surface area contributed by atoms with E-state index in [1.807, 2.05) is 12.1 Å². The van der Waals surface area contributed by atoms with Gasteiger partial charge in [-0.05, 0) is 104 Å². The maximum Gasteiger partial charge on any atom is 0.127 e. The Kier molecular flexibility index (Phi) is 8.23. The zero-order chi connectivity index (χ0) is 23.3. The molecule has 0 saturated carbocycles. The number of methoxy groups -OCH3 is 1. The number of halogens is 2. The number of benzene rings is 1. The van der Waals surface area contributed by atoms with Crippen LogP contribution in [0.25, 0.3) is 10.9 Å². The van der Waals surface area contributed by atoms with Crippen molar-refractivity contribution in [3.63, 3.8) is 0 Å². The van der Waals surface area contributed by atoms with Crippen LogP contribution in [0.4, 0.5) is 4.39 Å². The molecule has 0 bridgehead atoms. The third-order valence-corrected chi connectivity index (χ3v) is 8.11. The number of fused-ring (bicyclic) bond motifs is 1. The van der Waals surface area contributed by atoms with Crippen molar-refractivity contribution in [2.45, 2.75) is 44.7 Å². The van der Waals surface area contributed by atoms with E-state index in [1.165, 1.54) is 11.8 Å². The van der Waals surface area contributed by atoms with Crippen molar-refractivity contribution in [1.29, 1.82) is 0 Å². The fourth-order valence-corrected chi connectivity index (χ4v) is 5.84. The van der Waals surface area contributed by atoms with Crippen LogP contribution in [0.2, 0.25) is 5.02 Å². The molecule has 178 valence electrons. The monoisotopic (exact) mass is 490 g/mol. The van der Waals surface area contributed by atoms with Gasteiger partial charge in [0.05, 0.1) is 17.6 Å². The summed E-state index contributed by atoms with van der Waals surface area (Å²) in [5.74, 6) is 0.651. The summed E-state index contributed by atoms with van der Waals surface area (Å²) >= 11 is 8.14. The van der Waals surface area contributed by atoms with Crippen LogP contribution in [-0.4, -0.2) is 48.3 Å². The number of aryl methyl sites for hydroxylation is 1. The van der Waals surface area contributed by atoms with E-state index in [0.717, 1.165) is 45.3 Å². The predicted molar refractivity (Wildman–Crippen MR) is 134 cm³/mol. The Hall–Kier alpha value is -1.73. The number of hydrogen-bond acceptors (Lipinski definition) is 5. The van der Waals surface area contributed by atoms with E-state index in [-0.39, 0.29) is 12.0 Å². The lowest BCUT2D eigenvalue weighted by Crippen LogP contribution is -2.42. The second-order valence-electron chi connectivity index (χ2n) is 9.14. The van der Waals surface area contributed by atoms with Gasteiger partial charge in [0.1, 0.15) is 11.9 Å². The highest BCUT2D eigenvalue weighted by atomic mass is 35.5.